The number of aliphatic hydroxyl groups is 1. The van der Waals surface area contributed by atoms with E-state index in [9.17, 15) is 35.9 Å². The van der Waals surface area contributed by atoms with Crippen LogP contribution in [0.3, 0.4) is 0 Å². The van der Waals surface area contributed by atoms with Gasteiger partial charge in [-0.15, -0.1) is 13.2 Å². The van der Waals surface area contributed by atoms with Gasteiger partial charge >= 0.3 is 12.3 Å². The molecule has 0 unspecified atom stereocenters. The van der Waals surface area contributed by atoms with Gasteiger partial charge in [-0.2, -0.15) is 0 Å². The molecule has 33 heavy (non-hydrogen) atoms. The highest BCUT2D eigenvalue weighted by molar-refractivity contribution is 7.90. The van der Waals surface area contributed by atoms with Crippen LogP contribution in [-0.2, 0) is 16.6 Å². The molecular weight excluding hydrogens is 472 g/mol. The number of hydrogen-bond acceptors (Lipinski definition) is 7. The van der Waals surface area contributed by atoms with Crippen LogP contribution in [0.1, 0.15) is 22.5 Å². The van der Waals surface area contributed by atoms with E-state index in [0.717, 1.165) is 37.7 Å². The lowest BCUT2D eigenvalue weighted by Crippen LogP contribution is -2.36. The first-order valence-corrected chi connectivity index (χ1v) is 11.0. The summed E-state index contributed by atoms with van der Waals surface area (Å²) in [4.78, 5) is 13.4. The van der Waals surface area contributed by atoms with Crippen molar-refractivity contribution in [1.29, 1.82) is 0 Å². The van der Waals surface area contributed by atoms with E-state index in [1.165, 1.54) is 12.1 Å². The first-order chi connectivity index (χ1) is 15.5. The Labute approximate surface area is 184 Å². The second-order valence-electron chi connectivity index (χ2n) is 7.21. The SMILES string of the molecule is O=C(NS(=O)(=O)c1cc(CO)ccc1OC(F)(F)F)c1cc2c(F)cc(N3CCC3)cc2o1. The van der Waals surface area contributed by atoms with Gasteiger partial charge in [0.05, 0.1) is 12.0 Å². The highest BCUT2D eigenvalue weighted by Crippen LogP contribution is 2.32. The van der Waals surface area contributed by atoms with Gasteiger partial charge in [0, 0.05) is 30.9 Å². The number of aliphatic hydroxyl groups excluding tert-OH is 1. The second-order valence-corrected chi connectivity index (χ2v) is 8.86. The Morgan fingerprint density at radius 1 is 1.18 bits per heavy atom. The summed E-state index contributed by atoms with van der Waals surface area (Å²) < 4.78 is 88.5. The number of nitrogens with zero attached hydrogens (tertiary/aromatic N) is 1. The number of rotatable bonds is 6. The van der Waals surface area contributed by atoms with Gasteiger partial charge in [0.25, 0.3) is 10.0 Å². The van der Waals surface area contributed by atoms with Crippen molar-refractivity contribution in [3.05, 3.63) is 53.5 Å². The number of halogens is 4. The van der Waals surface area contributed by atoms with Crippen molar-refractivity contribution in [2.45, 2.75) is 24.3 Å². The number of carbonyl (C=O) groups excluding carboxylic acids is 1. The summed E-state index contributed by atoms with van der Waals surface area (Å²) in [6.07, 6.45) is -4.26. The van der Waals surface area contributed by atoms with E-state index < -0.39 is 51.1 Å². The quantitative estimate of drug-likeness (QED) is 0.513. The van der Waals surface area contributed by atoms with Gasteiger partial charge in [-0.05, 0) is 30.2 Å². The number of hydrogen-bond donors (Lipinski definition) is 2. The minimum atomic E-state index is -5.21. The molecule has 4 rings (SSSR count). The van der Waals surface area contributed by atoms with Crippen molar-refractivity contribution in [3.63, 3.8) is 0 Å². The normalized spacial score (nSPS) is 14.3. The van der Waals surface area contributed by atoms with Crippen LogP contribution in [0.5, 0.6) is 5.75 Å². The number of ether oxygens (including phenoxy) is 1. The van der Waals surface area contributed by atoms with Crippen molar-refractivity contribution in [2.24, 2.45) is 0 Å². The topological polar surface area (TPSA) is 109 Å². The molecule has 13 heteroatoms. The highest BCUT2D eigenvalue weighted by atomic mass is 32.2. The van der Waals surface area contributed by atoms with Crippen molar-refractivity contribution in [2.75, 3.05) is 18.0 Å². The smallest absolute Gasteiger partial charge is 0.451 e. The zero-order valence-electron chi connectivity index (χ0n) is 16.6. The minimum absolute atomic E-state index is 0.00261. The van der Waals surface area contributed by atoms with Crippen LogP contribution in [0.2, 0.25) is 0 Å². The molecule has 8 nitrogen and oxygen atoms in total. The number of sulfonamides is 1. The molecule has 0 bridgehead atoms. The molecule has 1 aromatic heterocycles. The molecule has 2 heterocycles. The number of nitrogens with one attached hydrogen (secondary N) is 1. The Balaban J connectivity index is 1.65. The molecule has 1 aliphatic heterocycles. The summed E-state index contributed by atoms with van der Waals surface area (Å²) in [6, 6.07) is 6.21. The number of anilines is 1. The molecule has 3 aromatic rings. The predicted octanol–water partition coefficient (Wildman–Crippen LogP) is 3.29. The van der Waals surface area contributed by atoms with E-state index in [4.69, 9.17) is 4.42 Å². The molecule has 0 spiro atoms. The average molecular weight is 488 g/mol. The van der Waals surface area contributed by atoms with E-state index in [0.29, 0.717) is 11.8 Å². The lowest BCUT2D eigenvalue weighted by Gasteiger charge is -2.33. The zero-order valence-corrected chi connectivity index (χ0v) is 17.5. The van der Waals surface area contributed by atoms with E-state index in [-0.39, 0.29) is 16.5 Å². The maximum atomic E-state index is 14.5. The summed E-state index contributed by atoms with van der Waals surface area (Å²) in [5.41, 5.74) is 0.499. The number of carbonyl (C=O) groups is 1. The molecule has 2 aromatic carbocycles. The lowest BCUT2D eigenvalue weighted by molar-refractivity contribution is -0.275. The molecule has 0 atom stereocenters. The Hall–Kier alpha value is -3.32. The Morgan fingerprint density at radius 3 is 2.52 bits per heavy atom. The molecule has 2 N–H and O–H groups in total. The fourth-order valence-electron chi connectivity index (χ4n) is 3.25. The minimum Gasteiger partial charge on any atom is -0.451 e. The lowest BCUT2D eigenvalue weighted by atomic mass is 10.1. The summed E-state index contributed by atoms with van der Waals surface area (Å²) in [5.74, 6) is -3.68. The number of alkyl halides is 3. The average Bonchev–Trinajstić information content (AvgIpc) is 3.10. The monoisotopic (exact) mass is 488 g/mol. The Kier molecular flexibility index (Phi) is 5.70. The van der Waals surface area contributed by atoms with Gasteiger partial charge in [-0.1, -0.05) is 6.07 Å². The molecule has 176 valence electrons. The van der Waals surface area contributed by atoms with E-state index in [1.54, 1.807) is 4.72 Å². The molecule has 1 aliphatic rings. The fourth-order valence-corrected chi connectivity index (χ4v) is 4.38. The van der Waals surface area contributed by atoms with Crippen LogP contribution in [0.15, 0.2) is 45.7 Å². The number of benzene rings is 2. The van der Waals surface area contributed by atoms with Crippen LogP contribution in [0.25, 0.3) is 11.0 Å². The Bertz CT molecular complexity index is 1330. The van der Waals surface area contributed by atoms with Crippen molar-refractivity contribution in [3.8, 4) is 5.75 Å². The second kappa shape index (κ2) is 8.23. The van der Waals surface area contributed by atoms with E-state index >= 15 is 0 Å². The molecular formula is C20H16F4N2O6S. The van der Waals surface area contributed by atoms with Gasteiger partial charge in [0.15, 0.2) is 5.76 Å². The third-order valence-corrected chi connectivity index (χ3v) is 6.30. The van der Waals surface area contributed by atoms with Crippen LogP contribution < -0.4 is 14.4 Å². The largest absolute Gasteiger partial charge is 0.573 e. The standard InChI is InChI=1S/C20H16F4N2O6S/c21-14-7-12(26-4-1-5-26)8-16-13(14)9-17(31-16)19(28)25-33(29,30)18-6-11(10-27)2-3-15(18)32-20(22,23)24/h2-3,6-9,27H,1,4-5,10H2,(H,25,28). The number of amides is 1. The van der Waals surface area contributed by atoms with E-state index in [1.807, 2.05) is 4.90 Å². The first kappa shape index (κ1) is 22.9. The fraction of sp³-hybridized carbons (Fsp3) is 0.250. The van der Waals surface area contributed by atoms with Crippen LogP contribution in [0, 0.1) is 5.82 Å². The van der Waals surface area contributed by atoms with E-state index in [2.05, 4.69) is 4.74 Å². The zero-order chi connectivity index (χ0) is 24.0. The Morgan fingerprint density at radius 2 is 1.91 bits per heavy atom. The third kappa shape index (κ3) is 4.73. The maximum absolute atomic E-state index is 14.5. The van der Waals surface area contributed by atoms with Gasteiger partial charge in [-0.25, -0.2) is 17.5 Å². The molecule has 1 saturated heterocycles. The molecule has 0 radical (unpaired) electrons. The van der Waals surface area contributed by atoms with Crippen molar-refractivity contribution < 1.29 is 45.0 Å². The molecule has 1 amide bonds. The van der Waals surface area contributed by atoms with Gasteiger partial charge < -0.3 is 19.2 Å². The summed E-state index contributed by atoms with van der Waals surface area (Å²) in [5, 5.41) is 9.14. The molecule has 1 fully saturated rings. The highest BCUT2D eigenvalue weighted by Gasteiger charge is 2.35. The van der Waals surface area contributed by atoms with Crippen molar-refractivity contribution in [1.82, 2.24) is 4.72 Å². The third-order valence-electron chi connectivity index (χ3n) is 4.95. The van der Waals surface area contributed by atoms with Crippen molar-refractivity contribution >= 4 is 32.6 Å². The number of furan rings is 1. The van der Waals surface area contributed by atoms with Crippen LogP contribution in [0.4, 0.5) is 23.2 Å². The van der Waals surface area contributed by atoms with Crippen LogP contribution in [-0.4, -0.2) is 38.9 Å². The maximum Gasteiger partial charge on any atom is 0.573 e. The van der Waals surface area contributed by atoms with Gasteiger partial charge in [-0.3, -0.25) is 4.79 Å². The molecule has 0 aliphatic carbocycles. The first-order valence-electron chi connectivity index (χ1n) is 9.51. The number of fused-ring (bicyclic) bond motifs is 1. The molecule has 0 saturated carbocycles. The summed E-state index contributed by atoms with van der Waals surface area (Å²) in [6.45, 7) is 0.782. The van der Waals surface area contributed by atoms with Crippen LogP contribution >= 0.6 is 0 Å². The summed E-state index contributed by atoms with van der Waals surface area (Å²) in [7, 11) is -4.90. The van der Waals surface area contributed by atoms with Gasteiger partial charge in [0.2, 0.25) is 0 Å². The van der Waals surface area contributed by atoms with Gasteiger partial charge in [0.1, 0.15) is 22.0 Å². The predicted molar refractivity (Wildman–Crippen MR) is 107 cm³/mol. The summed E-state index contributed by atoms with van der Waals surface area (Å²) >= 11 is 0.